The number of carboxylic acids is 1. The molecule has 2 N–H and O–H groups in total. The molecule has 0 bridgehead atoms. The highest BCUT2D eigenvalue weighted by molar-refractivity contribution is 6.15. The van der Waals surface area contributed by atoms with E-state index in [9.17, 15) is 15.0 Å². The zero-order valence-electron chi connectivity index (χ0n) is 21.0. The zero-order chi connectivity index (χ0) is 25.4. The van der Waals surface area contributed by atoms with Gasteiger partial charge in [0.25, 0.3) is 0 Å². The molecule has 4 aromatic rings. The van der Waals surface area contributed by atoms with E-state index in [4.69, 9.17) is 9.15 Å². The van der Waals surface area contributed by atoms with Gasteiger partial charge in [0.1, 0.15) is 23.2 Å². The summed E-state index contributed by atoms with van der Waals surface area (Å²) in [7, 11) is 0. The fourth-order valence-corrected chi connectivity index (χ4v) is 5.10. The number of carboxylic acid groups (broad SMARTS) is 1. The fraction of sp³-hybridized carbons (Fsp3) is 0.379. The number of phenols is 1. The third-order valence-electron chi connectivity index (χ3n) is 6.73. The Labute approximate surface area is 210 Å². The van der Waals surface area contributed by atoms with E-state index >= 15 is 0 Å². The maximum atomic E-state index is 12.3. The molecule has 1 unspecified atom stereocenters. The second kappa shape index (κ2) is 9.47. The van der Waals surface area contributed by atoms with Gasteiger partial charge in [-0.2, -0.15) is 0 Å². The van der Waals surface area contributed by atoms with Crippen LogP contribution in [-0.2, 0) is 0 Å². The van der Waals surface area contributed by atoms with Gasteiger partial charge >= 0.3 is 5.97 Å². The van der Waals surface area contributed by atoms with E-state index in [1.807, 2.05) is 36.4 Å². The number of aromatic carboxylic acids is 1. The number of pyridine rings is 1. The molecule has 2 aromatic carbocycles. The van der Waals surface area contributed by atoms with Crippen molar-refractivity contribution in [1.29, 1.82) is 0 Å². The summed E-state index contributed by atoms with van der Waals surface area (Å²) in [5.74, 6) is -0.510. The molecule has 0 saturated carbocycles. The van der Waals surface area contributed by atoms with Crippen LogP contribution >= 0.6 is 0 Å². The highest BCUT2D eigenvalue weighted by Crippen LogP contribution is 2.47. The highest BCUT2D eigenvalue weighted by atomic mass is 16.5. The van der Waals surface area contributed by atoms with E-state index in [0.29, 0.717) is 39.8 Å². The van der Waals surface area contributed by atoms with Crippen LogP contribution in [0.15, 0.2) is 53.3 Å². The zero-order valence-corrected chi connectivity index (χ0v) is 21.0. The highest BCUT2D eigenvalue weighted by Gasteiger charge is 2.33. The predicted molar refractivity (Wildman–Crippen MR) is 139 cm³/mol. The summed E-state index contributed by atoms with van der Waals surface area (Å²) in [6.45, 7) is 8.48. The first-order chi connectivity index (χ1) is 17.2. The molecule has 1 aliphatic heterocycles. The Kier molecular flexibility index (Phi) is 6.35. The van der Waals surface area contributed by atoms with Gasteiger partial charge < -0.3 is 19.4 Å². The number of hydrogen-bond acceptors (Lipinski definition) is 6. The number of aromatic hydroxyl groups is 1. The van der Waals surface area contributed by atoms with Crippen LogP contribution in [0.5, 0.6) is 11.6 Å². The average Bonchev–Trinajstić information content (AvgIpc) is 3.31. The Bertz CT molecular complexity index is 1410. The number of ether oxygens (including phenoxy) is 1. The maximum Gasteiger partial charge on any atom is 0.339 e. The molecule has 3 heterocycles. The van der Waals surface area contributed by atoms with Crippen molar-refractivity contribution < 1.29 is 24.2 Å². The Morgan fingerprint density at radius 1 is 1.14 bits per heavy atom. The minimum Gasteiger partial charge on any atom is -0.507 e. The van der Waals surface area contributed by atoms with Crippen LogP contribution in [0.25, 0.3) is 21.7 Å². The van der Waals surface area contributed by atoms with Crippen LogP contribution in [0.1, 0.15) is 67.6 Å². The molecule has 36 heavy (non-hydrogen) atoms. The summed E-state index contributed by atoms with van der Waals surface area (Å²) in [5, 5.41) is 23.5. The first kappa shape index (κ1) is 24.1. The van der Waals surface area contributed by atoms with Crippen molar-refractivity contribution in [1.82, 2.24) is 9.88 Å². The molecular weight excluding hydrogens is 456 g/mol. The number of hydrogen-bond donors (Lipinski definition) is 2. The number of carbonyl (C=O) groups is 1. The van der Waals surface area contributed by atoms with Crippen molar-refractivity contribution in [2.45, 2.75) is 46.1 Å². The number of likely N-dealkylation sites (tertiary alicyclic amines) is 1. The van der Waals surface area contributed by atoms with Gasteiger partial charge in [-0.1, -0.05) is 51.5 Å². The number of piperidine rings is 1. The Morgan fingerprint density at radius 3 is 2.56 bits per heavy atom. The summed E-state index contributed by atoms with van der Waals surface area (Å²) < 4.78 is 11.9. The lowest BCUT2D eigenvalue weighted by Gasteiger charge is -2.36. The standard InChI is InChI=1S/C29H32N2O5/c1-29(2,3)17-36-22-15-18(11-12-30-22)25(31-13-7-4-8-14-31)24-23-21(28(33)34)16-35-27(23)20-10-6-5-9-19(20)26(24)32/h5-6,9-12,15-16,25,32H,4,7-8,13-14,17H2,1-3H3,(H,33,34). The lowest BCUT2D eigenvalue weighted by Crippen LogP contribution is -2.34. The molecule has 1 fully saturated rings. The van der Waals surface area contributed by atoms with Gasteiger partial charge in [-0.25, -0.2) is 9.78 Å². The van der Waals surface area contributed by atoms with Crippen LogP contribution in [-0.4, -0.2) is 45.8 Å². The molecular formula is C29H32N2O5. The van der Waals surface area contributed by atoms with Gasteiger partial charge in [0.15, 0.2) is 0 Å². The van der Waals surface area contributed by atoms with Crippen molar-refractivity contribution >= 4 is 27.7 Å². The second-order valence-electron chi connectivity index (χ2n) is 10.7. The van der Waals surface area contributed by atoms with Gasteiger partial charge in [0.2, 0.25) is 5.88 Å². The summed E-state index contributed by atoms with van der Waals surface area (Å²) in [6, 6.07) is 10.8. The van der Waals surface area contributed by atoms with E-state index in [1.165, 1.54) is 6.26 Å². The average molecular weight is 489 g/mol. The minimum absolute atomic E-state index is 0.0279. The van der Waals surface area contributed by atoms with Crippen LogP contribution < -0.4 is 4.74 Å². The first-order valence-corrected chi connectivity index (χ1v) is 12.5. The number of rotatable bonds is 6. The molecule has 0 radical (unpaired) electrons. The number of benzene rings is 2. The van der Waals surface area contributed by atoms with E-state index < -0.39 is 12.0 Å². The van der Waals surface area contributed by atoms with Crippen LogP contribution in [0.4, 0.5) is 0 Å². The Hall–Kier alpha value is -3.58. The van der Waals surface area contributed by atoms with Crippen molar-refractivity contribution in [3.05, 3.63) is 65.5 Å². The predicted octanol–water partition coefficient (Wildman–Crippen LogP) is 6.39. The number of nitrogens with zero attached hydrogens (tertiary/aromatic N) is 2. The van der Waals surface area contributed by atoms with Crippen molar-refractivity contribution in [2.24, 2.45) is 5.41 Å². The maximum absolute atomic E-state index is 12.3. The minimum atomic E-state index is -1.09. The molecule has 0 amide bonds. The smallest absolute Gasteiger partial charge is 0.339 e. The Balaban J connectivity index is 1.76. The SMILES string of the molecule is CC(C)(C)COc1cc(C(c2c(O)c3ccccc3c3occ(C(=O)O)c23)N2CCCCC2)ccn1. The summed E-state index contributed by atoms with van der Waals surface area (Å²) in [5.41, 5.74) is 1.92. The quantitative estimate of drug-likeness (QED) is 0.325. The molecule has 7 heteroatoms. The fourth-order valence-electron chi connectivity index (χ4n) is 5.10. The monoisotopic (exact) mass is 488 g/mol. The van der Waals surface area contributed by atoms with Gasteiger partial charge in [-0.15, -0.1) is 0 Å². The summed E-state index contributed by atoms with van der Waals surface area (Å²) in [6.07, 6.45) is 6.20. The number of fused-ring (bicyclic) bond motifs is 3. The van der Waals surface area contributed by atoms with E-state index in [0.717, 1.165) is 37.9 Å². The van der Waals surface area contributed by atoms with Gasteiger partial charge in [0, 0.05) is 34.0 Å². The number of phenolic OH excluding ortho intramolecular Hbond substituents is 1. The van der Waals surface area contributed by atoms with Gasteiger partial charge in [-0.3, -0.25) is 4.90 Å². The molecule has 0 spiro atoms. The summed E-state index contributed by atoms with van der Waals surface area (Å²) in [4.78, 5) is 19.0. The molecule has 7 nitrogen and oxygen atoms in total. The third-order valence-corrected chi connectivity index (χ3v) is 6.73. The van der Waals surface area contributed by atoms with E-state index in [-0.39, 0.29) is 16.7 Å². The number of furan rings is 1. The first-order valence-electron chi connectivity index (χ1n) is 12.5. The third kappa shape index (κ3) is 4.51. The molecule has 0 aliphatic carbocycles. The van der Waals surface area contributed by atoms with Crippen molar-refractivity contribution in [3.63, 3.8) is 0 Å². The topological polar surface area (TPSA) is 96.0 Å². The second-order valence-corrected chi connectivity index (χ2v) is 10.7. The van der Waals surface area contributed by atoms with Crippen molar-refractivity contribution in [3.8, 4) is 11.6 Å². The van der Waals surface area contributed by atoms with Crippen LogP contribution in [0, 0.1) is 5.41 Å². The number of aromatic nitrogens is 1. The molecule has 2 aromatic heterocycles. The Morgan fingerprint density at radius 2 is 1.86 bits per heavy atom. The molecule has 5 rings (SSSR count). The van der Waals surface area contributed by atoms with Crippen LogP contribution in [0.2, 0.25) is 0 Å². The lowest BCUT2D eigenvalue weighted by molar-refractivity contribution is 0.0698. The normalized spacial score (nSPS) is 15.9. The molecule has 1 aliphatic rings. The van der Waals surface area contributed by atoms with Crippen molar-refractivity contribution in [2.75, 3.05) is 19.7 Å². The molecule has 1 saturated heterocycles. The van der Waals surface area contributed by atoms with Crippen LogP contribution in [0.3, 0.4) is 0 Å². The molecule has 1 atom stereocenters. The van der Waals surface area contributed by atoms with E-state index in [1.54, 1.807) is 6.20 Å². The van der Waals surface area contributed by atoms with Gasteiger partial charge in [-0.05, 0) is 43.0 Å². The molecule has 188 valence electrons. The lowest BCUT2D eigenvalue weighted by atomic mass is 9.88. The van der Waals surface area contributed by atoms with E-state index in [2.05, 4.69) is 30.7 Å². The summed E-state index contributed by atoms with van der Waals surface area (Å²) >= 11 is 0. The largest absolute Gasteiger partial charge is 0.507 e. The van der Waals surface area contributed by atoms with Gasteiger partial charge in [0.05, 0.1) is 12.6 Å².